The molecular formula is C17H18N4O3. The number of hydrogen-bond acceptors (Lipinski definition) is 5. The van der Waals surface area contributed by atoms with Gasteiger partial charge in [-0.2, -0.15) is 4.98 Å². The average molecular weight is 326 g/mol. The molecule has 0 aliphatic heterocycles. The third-order valence-corrected chi connectivity index (χ3v) is 3.94. The molecule has 7 heteroatoms. The summed E-state index contributed by atoms with van der Waals surface area (Å²) in [5.41, 5.74) is 2.05. The van der Waals surface area contributed by atoms with Gasteiger partial charge in [0.15, 0.2) is 0 Å². The third kappa shape index (κ3) is 2.68. The summed E-state index contributed by atoms with van der Waals surface area (Å²) < 4.78 is 6.40. The van der Waals surface area contributed by atoms with Crippen LogP contribution in [0, 0.1) is 20.8 Å². The first-order chi connectivity index (χ1) is 11.4. The highest BCUT2D eigenvalue weighted by Crippen LogP contribution is 2.17. The van der Waals surface area contributed by atoms with Crippen molar-refractivity contribution in [2.45, 2.75) is 33.7 Å². The van der Waals surface area contributed by atoms with E-state index in [1.165, 1.54) is 4.57 Å². The Balaban J connectivity index is 1.99. The monoisotopic (exact) mass is 326 g/mol. The van der Waals surface area contributed by atoms with E-state index >= 15 is 0 Å². The largest absolute Gasteiger partial charge is 0.335 e. The Bertz CT molecular complexity index is 987. The maximum Gasteiger partial charge on any atom is 0.267 e. The molecule has 1 unspecified atom stereocenters. The molecule has 3 rings (SSSR count). The first kappa shape index (κ1) is 15.9. The van der Waals surface area contributed by atoms with E-state index in [0.717, 1.165) is 5.56 Å². The molecule has 1 aromatic carbocycles. The van der Waals surface area contributed by atoms with E-state index in [1.807, 2.05) is 25.1 Å². The summed E-state index contributed by atoms with van der Waals surface area (Å²) in [7, 11) is 0. The van der Waals surface area contributed by atoms with Crippen molar-refractivity contribution in [1.82, 2.24) is 14.7 Å². The van der Waals surface area contributed by atoms with Gasteiger partial charge in [-0.15, -0.1) is 0 Å². The summed E-state index contributed by atoms with van der Waals surface area (Å²) >= 11 is 0. The van der Waals surface area contributed by atoms with Gasteiger partial charge in [0.05, 0.1) is 5.69 Å². The molecule has 0 radical (unpaired) electrons. The number of amides is 1. The topological polar surface area (TPSA) is 90.0 Å². The lowest BCUT2D eigenvalue weighted by molar-refractivity contribution is -0.118. The lowest BCUT2D eigenvalue weighted by atomic mass is 10.2. The zero-order valence-electron chi connectivity index (χ0n) is 14.0. The smallest absolute Gasteiger partial charge is 0.267 e. The molecule has 0 bridgehead atoms. The fourth-order valence-corrected chi connectivity index (χ4v) is 2.69. The van der Waals surface area contributed by atoms with Crippen LogP contribution in [0.4, 0.5) is 5.69 Å². The van der Waals surface area contributed by atoms with Crippen molar-refractivity contribution >= 4 is 22.7 Å². The van der Waals surface area contributed by atoms with Crippen molar-refractivity contribution in [3.63, 3.8) is 0 Å². The molecule has 124 valence electrons. The van der Waals surface area contributed by atoms with Gasteiger partial charge < -0.3 is 9.84 Å². The van der Waals surface area contributed by atoms with Crippen LogP contribution in [0.15, 0.2) is 33.6 Å². The zero-order valence-corrected chi connectivity index (χ0v) is 14.0. The van der Waals surface area contributed by atoms with Gasteiger partial charge in [0.1, 0.15) is 17.3 Å². The molecule has 1 atom stereocenters. The van der Waals surface area contributed by atoms with Crippen molar-refractivity contribution < 1.29 is 9.32 Å². The van der Waals surface area contributed by atoms with E-state index in [-0.39, 0.29) is 17.2 Å². The normalized spacial score (nSPS) is 12.3. The van der Waals surface area contributed by atoms with Crippen molar-refractivity contribution in [3.05, 3.63) is 51.7 Å². The van der Waals surface area contributed by atoms with E-state index in [2.05, 4.69) is 15.5 Å². The Kier molecular flexibility index (Phi) is 3.92. The summed E-state index contributed by atoms with van der Waals surface area (Å²) in [4.78, 5) is 29.5. The number of nitrogens with one attached hydrogen (secondary N) is 1. The van der Waals surface area contributed by atoms with Crippen molar-refractivity contribution in [3.8, 4) is 0 Å². The maximum atomic E-state index is 12.7. The second kappa shape index (κ2) is 5.92. The first-order valence-electron chi connectivity index (χ1n) is 7.61. The van der Waals surface area contributed by atoms with Crippen molar-refractivity contribution in [2.75, 3.05) is 5.32 Å². The minimum atomic E-state index is -0.718. The van der Waals surface area contributed by atoms with E-state index in [0.29, 0.717) is 22.6 Å². The molecule has 1 N–H and O–H groups in total. The van der Waals surface area contributed by atoms with Crippen LogP contribution in [-0.4, -0.2) is 20.6 Å². The summed E-state index contributed by atoms with van der Waals surface area (Å²) in [5, 5.41) is 6.90. The molecule has 2 aromatic heterocycles. The van der Waals surface area contributed by atoms with Crippen LogP contribution >= 0.6 is 0 Å². The number of rotatable bonds is 3. The zero-order chi connectivity index (χ0) is 17.4. The quantitative estimate of drug-likeness (QED) is 0.798. The van der Waals surface area contributed by atoms with Gasteiger partial charge in [-0.1, -0.05) is 17.3 Å². The Morgan fingerprint density at radius 2 is 2.04 bits per heavy atom. The average Bonchev–Trinajstić information content (AvgIpc) is 2.88. The van der Waals surface area contributed by atoms with Gasteiger partial charge in [-0.25, -0.2) is 0 Å². The van der Waals surface area contributed by atoms with Crippen LogP contribution < -0.4 is 10.9 Å². The molecule has 0 aliphatic carbocycles. The Morgan fingerprint density at radius 3 is 2.75 bits per heavy atom. The highest BCUT2D eigenvalue weighted by molar-refractivity contribution is 5.93. The van der Waals surface area contributed by atoms with E-state index in [1.54, 1.807) is 26.8 Å². The lowest BCUT2D eigenvalue weighted by Crippen LogP contribution is -2.33. The van der Waals surface area contributed by atoms with Gasteiger partial charge in [0.2, 0.25) is 5.91 Å². The molecule has 0 saturated carbocycles. The van der Waals surface area contributed by atoms with Gasteiger partial charge in [-0.3, -0.25) is 14.2 Å². The predicted molar refractivity (Wildman–Crippen MR) is 90.1 cm³/mol. The number of fused-ring (bicyclic) bond motifs is 1. The highest BCUT2D eigenvalue weighted by atomic mass is 16.5. The summed E-state index contributed by atoms with van der Waals surface area (Å²) in [6, 6.07) is 6.76. The van der Waals surface area contributed by atoms with Crippen LogP contribution in [0.2, 0.25) is 0 Å². The van der Waals surface area contributed by atoms with Crippen molar-refractivity contribution in [1.29, 1.82) is 0 Å². The number of benzene rings is 1. The van der Waals surface area contributed by atoms with Crippen LogP contribution in [-0.2, 0) is 4.79 Å². The van der Waals surface area contributed by atoms with Crippen LogP contribution in [0.3, 0.4) is 0 Å². The van der Waals surface area contributed by atoms with E-state index in [9.17, 15) is 9.59 Å². The number of carbonyl (C=O) groups is 1. The number of hydrogen-bond donors (Lipinski definition) is 1. The molecular weight excluding hydrogens is 308 g/mol. The first-order valence-corrected chi connectivity index (χ1v) is 7.61. The minimum absolute atomic E-state index is 0.192. The molecule has 0 saturated heterocycles. The standard InChI is InChI=1S/C17H18N4O3/c1-9-6-5-7-13(8-9)19-15(22)11(3)21-12(4)18-16-14(17(21)23)10(2)20-24-16/h5-8,11H,1-4H3,(H,19,22). The van der Waals surface area contributed by atoms with Crippen molar-refractivity contribution in [2.24, 2.45) is 0 Å². The fourth-order valence-electron chi connectivity index (χ4n) is 2.69. The minimum Gasteiger partial charge on any atom is -0.335 e. The Hall–Kier alpha value is -2.96. The summed E-state index contributed by atoms with van der Waals surface area (Å²) in [5.74, 6) is 0.108. The van der Waals surface area contributed by atoms with Gasteiger partial charge in [-0.05, 0) is 45.4 Å². The van der Waals surface area contributed by atoms with Crippen LogP contribution in [0.25, 0.3) is 11.1 Å². The molecule has 0 fully saturated rings. The molecule has 2 heterocycles. The van der Waals surface area contributed by atoms with Gasteiger partial charge in [0, 0.05) is 5.69 Å². The predicted octanol–water partition coefficient (Wildman–Crippen LogP) is 2.51. The molecule has 7 nitrogen and oxygen atoms in total. The Morgan fingerprint density at radius 1 is 1.29 bits per heavy atom. The summed E-state index contributed by atoms with van der Waals surface area (Å²) in [6.45, 7) is 6.94. The second-order valence-corrected chi connectivity index (χ2v) is 5.82. The lowest BCUT2D eigenvalue weighted by Gasteiger charge is -2.17. The number of aryl methyl sites for hydroxylation is 3. The van der Waals surface area contributed by atoms with E-state index < -0.39 is 6.04 Å². The molecule has 0 spiro atoms. The highest BCUT2D eigenvalue weighted by Gasteiger charge is 2.22. The number of anilines is 1. The SMILES string of the molecule is Cc1cccc(NC(=O)C(C)n2c(C)nc3onc(C)c3c2=O)c1. The van der Waals surface area contributed by atoms with Crippen LogP contribution in [0.1, 0.15) is 30.0 Å². The molecule has 0 aliphatic rings. The maximum absolute atomic E-state index is 12.7. The molecule has 3 aromatic rings. The summed E-state index contributed by atoms with van der Waals surface area (Å²) in [6.07, 6.45) is 0. The number of carbonyl (C=O) groups excluding carboxylic acids is 1. The second-order valence-electron chi connectivity index (χ2n) is 5.82. The fraction of sp³-hybridized carbons (Fsp3) is 0.294. The number of nitrogens with zero attached hydrogens (tertiary/aromatic N) is 3. The molecule has 24 heavy (non-hydrogen) atoms. The third-order valence-electron chi connectivity index (χ3n) is 3.94. The van der Waals surface area contributed by atoms with Gasteiger partial charge >= 0.3 is 0 Å². The molecule has 1 amide bonds. The van der Waals surface area contributed by atoms with Gasteiger partial charge in [0.25, 0.3) is 11.3 Å². The van der Waals surface area contributed by atoms with E-state index in [4.69, 9.17) is 4.52 Å². The number of aromatic nitrogens is 3. The van der Waals surface area contributed by atoms with Crippen LogP contribution in [0.5, 0.6) is 0 Å². The Labute approximate surface area is 138 Å².